The summed E-state index contributed by atoms with van der Waals surface area (Å²) in [5.41, 5.74) is 0.0281. The molecular formula is C7H6F2N2O. The van der Waals surface area contributed by atoms with Crippen LogP contribution in [0, 0.1) is 16.5 Å². The highest BCUT2D eigenvalue weighted by Crippen LogP contribution is 2.26. The predicted molar refractivity (Wildman–Crippen MR) is 41.4 cm³/mol. The molecule has 0 atom stereocenters. The van der Waals surface area contributed by atoms with Gasteiger partial charge in [-0.15, -0.1) is 4.91 Å². The standard InChI is InChI=1S/C7H6F2N2O/c1-10-6-2-4(8)5(9)3-7(6)11-12/h2-3,10H,1H3. The fraction of sp³-hybridized carbons (Fsp3) is 0.143. The maximum absolute atomic E-state index is 12.5. The maximum atomic E-state index is 12.5. The molecule has 64 valence electrons. The first-order chi connectivity index (χ1) is 5.69. The molecule has 1 rings (SSSR count). The topological polar surface area (TPSA) is 41.5 Å². The smallest absolute Gasteiger partial charge is 0.161 e. The Hall–Kier alpha value is -1.52. The van der Waals surface area contributed by atoms with Gasteiger partial charge in [-0.25, -0.2) is 8.78 Å². The fourth-order valence-electron chi connectivity index (χ4n) is 0.812. The number of anilines is 1. The van der Waals surface area contributed by atoms with Gasteiger partial charge in [-0.1, -0.05) is 0 Å². The summed E-state index contributed by atoms with van der Waals surface area (Å²) in [5.74, 6) is -2.09. The van der Waals surface area contributed by atoms with Crippen LogP contribution in [0.3, 0.4) is 0 Å². The molecule has 0 aromatic heterocycles. The van der Waals surface area contributed by atoms with Crippen molar-refractivity contribution in [2.75, 3.05) is 12.4 Å². The van der Waals surface area contributed by atoms with Crippen LogP contribution in [-0.2, 0) is 0 Å². The van der Waals surface area contributed by atoms with E-state index < -0.39 is 11.6 Å². The lowest BCUT2D eigenvalue weighted by atomic mass is 10.2. The zero-order chi connectivity index (χ0) is 9.14. The second-order valence-electron chi connectivity index (χ2n) is 2.12. The maximum Gasteiger partial charge on any atom is 0.161 e. The summed E-state index contributed by atoms with van der Waals surface area (Å²) in [6, 6.07) is 1.63. The second-order valence-corrected chi connectivity index (χ2v) is 2.12. The van der Waals surface area contributed by atoms with Crippen molar-refractivity contribution in [1.82, 2.24) is 0 Å². The number of benzene rings is 1. The van der Waals surface area contributed by atoms with Gasteiger partial charge in [0.05, 0.1) is 5.69 Å². The van der Waals surface area contributed by atoms with E-state index in [1.54, 1.807) is 0 Å². The van der Waals surface area contributed by atoms with Crippen molar-refractivity contribution in [2.24, 2.45) is 5.18 Å². The highest BCUT2D eigenvalue weighted by atomic mass is 19.2. The van der Waals surface area contributed by atoms with E-state index in [4.69, 9.17) is 0 Å². The summed E-state index contributed by atoms with van der Waals surface area (Å²) < 4.78 is 25.0. The van der Waals surface area contributed by atoms with Gasteiger partial charge in [-0.2, -0.15) is 0 Å². The number of hydrogen-bond donors (Lipinski definition) is 1. The largest absolute Gasteiger partial charge is 0.386 e. The van der Waals surface area contributed by atoms with Crippen LogP contribution in [0.1, 0.15) is 0 Å². The number of nitrogens with zero attached hydrogens (tertiary/aromatic N) is 1. The monoisotopic (exact) mass is 172 g/mol. The molecule has 0 heterocycles. The minimum atomic E-state index is -1.08. The lowest BCUT2D eigenvalue weighted by Crippen LogP contribution is -1.92. The fourth-order valence-corrected chi connectivity index (χ4v) is 0.812. The van der Waals surface area contributed by atoms with Crippen molar-refractivity contribution in [3.8, 4) is 0 Å². The van der Waals surface area contributed by atoms with Crippen molar-refractivity contribution >= 4 is 11.4 Å². The average Bonchev–Trinajstić information content (AvgIpc) is 2.09. The summed E-state index contributed by atoms with van der Waals surface area (Å²) in [6.45, 7) is 0. The van der Waals surface area contributed by atoms with E-state index in [-0.39, 0.29) is 11.4 Å². The van der Waals surface area contributed by atoms with E-state index in [1.807, 2.05) is 0 Å². The Morgan fingerprint density at radius 1 is 1.33 bits per heavy atom. The molecule has 0 aliphatic rings. The summed E-state index contributed by atoms with van der Waals surface area (Å²) in [5, 5.41) is 5.04. The molecule has 3 nitrogen and oxygen atoms in total. The molecule has 0 aliphatic carbocycles. The molecule has 0 bridgehead atoms. The molecule has 12 heavy (non-hydrogen) atoms. The van der Waals surface area contributed by atoms with Crippen LogP contribution in [0.25, 0.3) is 0 Å². The molecule has 5 heteroatoms. The van der Waals surface area contributed by atoms with E-state index in [2.05, 4.69) is 10.5 Å². The van der Waals surface area contributed by atoms with Crippen molar-refractivity contribution in [3.63, 3.8) is 0 Å². The molecule has 1 aromatic rings. The molecule has 1 aromatic carbocycles. The van der Waals surface area contributed by atoms with Crippen LogP contribution in [0.15, 0.2) is 17.3 Å². The third-order valence-corrected chi connectivity index (χ3v) is 1.41. The van der Waals surface area contributed by atoms with E-state index in [0.717, 1.165) is 12.1 Å². The normalized spacial score (nSPS) is 9.58. The van der Waals surface area contributed by atoms with E-state index in [9.17, 15) is 13.7 Å². The predicted octanol–water partition coefficient (Wildman–Crippen LogP) is 2.40. The summed E-state index contributed by atoms with van der Waals surface area (Å²) >= 11 is 0. The first-order valence-corrected chi connectivity index (χ1v) is 3.19. The third-order valence-electron chi connectivity index (χ3n) is 1.41. The van der Waals surface area contributed by atoms with E-state index in [0.29, 0.717) is 0 Å². The van der Waals surface area contributed by atoms with Crippen molar-refractivity contribution in [3.05, 3.63) is 28.7 Å². The van der Waals surface area contributed by atoms with Crippen LogP contribution in [0.5, 0.6) is 0 Å². The minimum absolute atomic E-state index is 0.142. The van der Waals surface area contributed by atoms with Crippen molar-refractivity contribution < 1.29 is 8.78 Å². The second kappa shape index (κ2) is 3.25. The number of nitrogens with one attached hydrogen (secondary N) is 1. The van der Waals surface area contributed by atoms with Gasteiger partial charge in [-0.3, -0.25) is 0 Å². The van der Waals surface area contributed by atoms with E-state index >= 15 is 0 Å². The minimum Gasteiger partial charge on any atom is -0.386 e. The molecule has 0 amide bonds. The first-order valence-electron chi connectivity index (χ1n) is 3.19. The van der Waals surface area contributed by atoms with Gasteiger partial charge in [0.25, 0.3) is 0 Å². The van der Waals surface area contributed by atoms with Gasteiger partial charge in [0.2, 0.25) is 0 Å². The molecule has 0 spiro atoms. The Labute approximate surface area is 67.4 Å². The van der Waals surface area contributed by atoms with Gasteiger partial charge >= 0.3 is 0 Å². The average molecular weight is 172 g/mol. The highest BCUT2D eigenvalue weighted by Gasteiger charge is 2.08. The first kappa shape index (κ1) is 8.58. The Balaban J connectivity index is 3.28. The van der Waals surface area contributed by atoms with Crippen LogP contribution < -0.4 is 5.32 Å². The van der Waals surface area contributed by atoms with Gasteiger partial charge in [0, 0.05) is 19.2 Å². The summed E-state index contributed by atoms with van der Waals surface area (Å²) in [7, 11) is 1.49. The van der Waals surface area contributed by atoms with Gasteiger partial charge < -0.3 is 5.32 Å². The number of nitroso groups, excluding NO2 is 1. The number of rotatable bonds is 2. The third kappa shape index (κ3) is 1.39. The molecule has 0 unspecified atom stereocenters. The SMILES string of the molecule is CNc1cc(F)c(F)cc1N=O. The quantitative estimate of drug-likeness (QED) is 0.696. The van der Waals surface area contributed by atoms with Crippen LogP contribution in [-0.4, -0.2) is 7.05 Å². The number of hydrogen-bond acceptors (Lipinski definition) is 3. The molecule has 0 radical (unpaired) electrons. The van der Waals surface area contributed by atoms with Crippen molar-refractivity contribution in [2.45, 2.75) is 0 Å². The summed E-state index contributed by atoms with van der Waals surface area (Å²) in [4.78, 5) is 10.1. The van der Waals surface area contributed by atoms with Gasteiger partial charge in [0.15, 0.2) is 11.6 Å². The zero-order valence-electron chi connectivity index (χ0n) is 6.27. The Kier molecular flexibility index (Phi) is 2.32. The molecule has 0 saturated heterocycles. The number of halogens is 2. The molecule has 0 aliphatic heterocycles. The van der Waals surface area contributed by atoms with Crippen LogP contribution in [0.4, 0.5) is 20.2 Å². The van der Waals surface area contributed by atoms with Crippen molar-refractivity contribution in [1.29, 1.82) is 0 Å². The Morgan fingerprint density at radius 2 is 1.92 bits per heavy atom. The van der Waals surface area contributed by atoms with Gasteiger partial charge in [0.1, 0.15) is 5.69 Å². The van der Waals surface area contributed by atoms with Crippen LogP contribution >= 0.6 is 0 Å². The van der Waals surface area contributed by atoms with E-state index in [1.165, 1.54) is 7.05 Å². The molecule has 1 N–H and O–H groups in total. The van der Waals surface area contributed by atoms with Gasteiger partial charge in [-0.05, 0) is 5.18 Å². The zero-order valence-corrected chi connectivity index (χ0v) is 6.27. The lowest BCUT2D eigenvalue weighted by Gasteiger charge is -2.02. The molecular weight excluding hydrogens is 166 g/mol. The Bertz CT molecular complexity index is 315. The highest BCUT2D eigenvalue weighted by molar-refractivity contribution is 5.65. The Morgan fingerprint density at radius 3 is 2.42 bits per heavy atom. The summed E-state index contributed by atoms with van der Waals surface area (Å²) in [6.07, 6.45) is 0. The molecule has 0 saturated carbocycles. The lowest BCUT2D eigenvalue weighted by molar-refractivity contribution is 0.509. The molecule has 0 fully saturated rings. The van der Waals surface area contributed by atoms with Crippen LogP contribution in [0.2, 0.25) is 0 Å².